The van der Waals surface area contributed by atoms with Crippen LogP contribution in [0, 0.1) is 35.5 Å². The normalized spacial score (nSPS) is 26.0. The standard InChI is InChI=1S/C27H33Cl3O5S.C24H29Cl3O5S.C21H23Cl3O3S.C6H12O3/c1-27(2)34-15-19(35-27)14-33-26(32)25-9-7-20(36-25)4-3-5-21-22(24(31)13-23(21)30)8-6-16-10-17(28)12-18(29)11-16;25-15-8-14(9-16(26)10-15)4-6-20-19(21(27)11-22(20)30)3-1-2-18-5-7-23(33-18)24(31)32-13-17(29)12-28;22-13-8-12(9-14(23)10-13)4-6-17-16(18(24)11-19(17)25)3-1-2-15-5-7-20(28-15)21(26)27;1-6(2)8-4-5(3-7)9-6/h7,9-12,19,21-24,31H,3-6,8,13-15H2,1-2H3;5,7-10,17,19-22,28-30H,1-4,6,11-13H2;5,7-10,16-19,25H,1-4,6,11H2,(H,26,27);5,7H,3-4H2,1-2H3/t19-,21-,22-,23-,24-;17-,19+,20+,21+,22+;16-,17-,18-,19-;5-/m1011/s1. The number of carboxylic acids is 1. The molecule has 0 bridgehead atoms. The molecule has 7 N–H and O–H groups in total. The molecule has 3 aromatic heterocycles. The molecule has 3 aromatic carbocycles. The summed E-state index contributed by atoms with van der Waals surface area (Å²) in [5.41, 5.74) is 3.20. The lowest BCUT2D eigenvalue weighted by atomic mass is 9.85. The molecule has 5 fully saturated rings. The molecule has 5 aliphatic rings. The molecule has 11 rings (SSSR count). The van der Waals surface area contributed by atoms with Gasteiger partial charge in [-0.25, -0.2) is 14.4 Å². The first-order valence-electron chi connectivity index (χ1n) is 36.0. The number of carboxylic acid groups (broad SMARTS) is 1. The van der Waals surface area contributed by atoms with E-state index < -0.39 is 48.4 Å². The zero-order chi connectivity index (χ0) is 77.0. The summed E-state index contributed by atoms with van der Waals surface area (Å²) in [6, 6.07) is 27.6. The lowest BCUT2D eigenvalue weighted by Crippen LogP contribution is -2.25. The molecular formula is C78H97Cl9O16S3. The lowest BCUT2D eigenvalue weighted by Gasteiger charge is -2.23. The van der Waals surface area contributed by atoms with Gasteiger partial charge in [-0.2, -0.15) is 0 Å². The molecule has 0 unspecified atom stereocenters. The van der Waals surface area contributed by atoms with Crippen LogP contribution in [0.1, 0.15) is 165 Å². The summed E-state index contributed by atoms with van der Waals surface area (Å²) in [6.07, 6.45) is 12.1. The number of esters is 2. The van der Waals surface area contributed by atoms with Crippen LogP contribution in [0.3, 0.4) is 0 Å². The maximum atomic E-state index is 12.4. The van der Waals surface area contributed by atoms with Gasteiger partial charge in [-0.1, -0.05) is 69.6 Å². The number of hydrogen-bond donors (Lipinski definition) is 7. The quantitative estimate of drug-likeness (QED) is 0.0164. The van der Waals surface area contributed by atoms with E-state index in [2.05, 4.69) is 0 Å². The van der Waals surface area contributed by atoms with Crippen molar-refractivity contribution in [2.45, 2.75) is 208 Å². The minimum absolute atomic E-state index is 0.0270. The second kappa shape index (κ2) is 43.0. The predicted molar refractivity (Wildman–Crippen MR) is 425 cm³/mol. The Morgan fingerprint density at radius 2 is 0.802 bits per heavy atom. The van der Waals surface area contributed by atoms with Crippen molar-refractivity contribution in [2.75, 3.05) is 39.6 Å². The van der Waals surface area contributed by atoms with Crippen molar-refractivity contribution in [1.82, 2.24) is 0 Å². The van der Waals surface area contributed by atoms with Gasteiger partial charge in [0.15, 0.2) is 11.6 Å². The van der Waals surface area contributed by atoms with Crippen molar-refractivity contribution in [3.05, 3.63) is 167 Å². The summed E-state index contributed by atoms with van der Waals surface area (Å²) in [7, 11) is 0. The molecule has 0 amide bonds. The summed E-state index contributed by atoms with van der Waals surface area (Å²) < 4.78 is 32.0. The van der Waals surface area contributed by atoms with Gasteiger partial charge >= 0.3 is 17.9 Å². The van der Waals surface area contributed by atoms with Crippen molar-refractivity contribution in [1.29, 1.82) is 0 Å². The van der Waals surface area contributed by atoms with Crippen molar-refractivity contribution < 1.29 is 78.6 Å². The van der Waals surface area contributed by atoms with E-state index in [9.17, 15) is 34.8 Å². The number of benzene rings is 3. The predicted octanol–water partition coefficient (Wildman–Crippen LogP) is 18.5. The Balaban J connectivity index is 0.000000190. The van der Waals surface area contributed by atoms with Gasteiger partial charge in [-0.05, 0) is 286 Å². The van der Waals surface area contributed by atoms with E-state index in [1.807, 2.05) is 88.4 Å². The maximum Gasteiger partial charge on any atom is 0.348 e. The molecule has 106 heavy (non-hydrogen) atoms. The molecule has 15 atom stereocenters. The Morgan fingerprint density at radius 3 is 1.10 bits per heavy atom. The fourth-order valence-corrected chi connectivity index (χ4v) is 20.7. The average molecular weight is 1710 g/mol. The number of alkyl halides is 3. The third kappa shape index (κ3) is 28.5. The van der Waals surface area contributed by atoms with E-state index in [0.29, 0.717) is 77.2 Å². The van der Waals surface area contributed by atoms with Crippen LogP contribution in [0.2, 0.25) is 30.1 Å². The molecular weight excluding hydrogens is 1610 g/mol. The van der Waals surface area contributed by atoms with E-state index in [1.54, 1.807) is 30.3 Å². The first-order valence-corrected chi connectivity index (χ1v) is 42.0. The van der Waals surface area contributed by atoms with Crippen molar-refractivity contribution in [2.24, 2.45) is 35.5 Å². The topological polar surface area (TPSA) is 248 Å². The van der Waals surface area contributed by atoms with Crippen LogP contribution in [0.4, 0.5) is 0 Å². The second-order valence-corrected chi connectivity index (χ2v) is 36.6. The average Bonchev–Trinajstić information content (AvgIpc) is 1.65. The van der Waals surface area contributed by atoms with Crippen molar-refractivity contribution in [3.8, 4) is 0 Å². The van der Waals surface area contributed by atoms with Gasteiger partial charge in [-0.3, -0.25) is 0 Å². The zero-order valence-corrected chi connectivity index (χ0v) is 69.0. The number of aliphatic hydroxyl groups excluding tert-OH is 6. The smallest absolute Gasteiger partial charge is 0.348 e. The number of ether oxygens (including phenoxy) is 6. The Bertz CT molecular complexity index is 3680. The Labute approximate surface area is 679 Å². The number of rotatable bonds is 30. The summed E-state index contributed by atoms with van der Waals surface area (Å²) in [6.45, 7) is 7.83. The summed E-state index contributed by atoms with van der Waals surface area (Å²) in [4.78, 5) is 40.2. The third-order valence-corrected chi connectivity index (χ3v) is 26.0. The van der Waals surface area contributed by atoms with Gasteiger partial charge in [0.1, 0.15) is 46.2 Å². The molecule has 586 valence electrons. The van der Waals surface area contributed by atoms with Gasteiger partial charge in [0.25, 0.3) is 0 Å². The highest BCUT2D eigenvalue weighted by atomic mass is 35.5. The second-order valence-electron chi connectivity index (χ2n) is 28.8. The van der Waals surface area contributed by atoms with Crippen molar-refractivity contribution in [3.63, 3.8) is 0 Å². The number of thiophene rings is 3. The van der Waals surface area contributed by atoms with Crippen LogP contribution in [-0.2, 0) is 66.9 Å². The highest BCUT2D eigenvalue weighted by Crippen LogP contribution is 2.45. The molecule has 0 spiro atoms. The maximum absolute atomic E-state index is 12.4. The Kier molecular flexibility index (Phi) is 36.1. The lowest BCUT2D eigenvalue weighted by molar-refractivity contribution is -0.143. The molecule has 6 aromatic rings. The zero-order valence-electron chi connectivity index (χ0n) is 59.7. The highest BCUT2D eigenvalue weighted by Gasteiger charge is 2.44. The first kappa shape index (κ1) is 88.9. The van der Waals surface area contributed by atoms with E-state index in [4.69, 9.17) is 148 Å². The van der Waals surface area contributed by atoms with Crippen LogP contribution in [0.15, 0.2) is 91.0 Å². The van der Waals surface area contributed by atoms with E-state index >= 15 is 0 Å². The minimum atomic E-state index is -1.07. The molecule has 5 heterocycles. The number of aromatic carboxylic acids is 1. The summed E-state index contributed by atoms with van der Waals surface area (Å²) in [5.74, 6) is -1.69. The summed E-state index contributed by atoms with van der Waals surface area (Å²) in [5, 5.41) is 71.1. The van der Waals surface area contributed by atoms with E-state index in [1.165, 1.54) is 34.0 Å². The SMILES string of the molecule is CC1(C)OC[C@@H](CO)O1.CC1(C)OC[C@@H](COC(=O)c2ccc(CCC[C@@H]3[C@@H](CCc4cc(Cl)cc(Cl)c4)[C@H](O)C[C@H]3Cl)s2)O1.O=C(O)c1ccc(CCC[C@@H]2[C@@H](CCc3cc(Cl)cc(Cl)c3)[C@H](O)C[C@H]2Cl)s1.O=C(OC[C@@H](O)CO)c1ccc(CCC[C@@H]2[C@@H](CCc3cc(Cl)cc(Cl)c3)[C@H](O)C[C@H]2Cl)s1. The van der Waals surface area contributed by atoms with Crippen LogP contribution in [0.25, 0.3) is 0 Å². The number of aliphatic hydroxyl groups is 6. The van der Waals surface area contributed by atoms with Crippen molar-refractivity contribution >= 4 is 156 Å². The van der Waals surface area contributed by atoms with E-state index in [0.717, 1.165) is 128 Å². The molecule has 3 saturated carbocycles. The fourth-order valence-electron chi connectivity index (χ4n) is 14.7. The van der Waals surface area contributed by atoms with Crippen LogP contribution >= 0.6 is 138 Å². The van der Waals surface area contributed by atoms with Gasteiger partial charge in [0.05, 0.1) is 44.7 Å². The largest absolute Gasteiger partial charge is 0.477 e. The molecule has 2 aliphatic heterocycles. The van der Waals surface area contributed by atoms with Gasteiger partial charge < -0.3 is 64.2 Å². The van der Waals surface area contributed by atoms with Gasteiger partial charge in [0.2, 0.25) is 0 Å². The highest BCUT2D eigenvalue weighted by molar-refractivity contribution is 7.14. The molecule has 0 radical (unpaired) electrons. The Hall–Kier alpha value is -2.62. The fraction of sp³-hybridized carbons (Fsp3) is 0.577. The summed E-state index contributed by atoms with van der Waals surface area (Å²) >= 11 is 60.6. The van der Waals surface area contributed by atoms with Crippen LogP contribution in [-0.4, -0.2) is 158 Å². The van der Waals surface area contributed by atoms with Gasteiger partial charge in [0, 0.05) is 60.9 Å². The molecule has 2 saturated heterocycles. The number of halogens is 9. The molecule has 16 nitrogen and oxygen atoms in total. The minimum Gasteiger partial charge on any atom is -0.477 e. The van der Waals surface area contributed by atoms with Gasteiger partial charge in [-0.15, -0.1) is 68.8 Å². The first-order chi connectivity index (χ1) is 50.3. The number of hydrogen-bond acceptors (Lipinski definition) is 18. The monoisotopic (exact) mass is 1700 g/mol. The molecule has 3 aliphatic carbocycles. The number of carbonyl (C=O) groups is 3. The van der Waals surface area contributed by atoms with Crippen LogP contribution < -0.4 is 0 Å². The number of carbonyl (C=O) groups excluding carboxylic acids is 2. The third-order valence-electron chi connectivity index (χ3n) is 19.8. The van der Waals surface area contributed by atoms with Crippen LogP contribution in [0.5, 0.6) is 0 Å². The van der Waals surface area contributed by atoms with E-state index in [-0.39, 0.29) is 95.7 Å². The number of aryl methyl sites for hydroxylation is 6. The molecule has 28 heteroatoms. The Morgan fingerprint density at radius 1 is 0.472 bits per heavy atom.